The van der Waals surface area contributed by atoms with Gasteiger partial charge in [0.1, 0.15) is 17.2 Å². The fraction of sp³-hybridized carbons (Fsp3) is 0.235. The van der Waals surface area contributed by atoms with Gasteiger partial charge in [-0.3, -0.25) is 4.79 Å². The van der Waals surface area contributed by atoms with Gasteiger partial charge in [0, 0.05) is 11.8 Å². The van der Waals surface area contributed by atoms with Crippen LogP contribution in [0.5, 0.6) is 17.2 Å². The molecule has 5 nitrogen and oxygen atoms in total. The van der Waals surface area contributed by atoms with Crippen molar-refractivity contribution in [3.63, 3.8) is 0 Å². The molecule has 0 aliphatic heterocycles. The lowest BCUT2D eigenvalue weighted by Crippen LogP contribution is -2.35. The van der Waals surface area contributed by atoms with E-state index in [-0.39, 0.29) is 11.9 Å². The van der Waals surface area contributed by atoms with E-state index in [0.717, 1.165) is 11.4 Å². The highest BCUT2D eigenvalue weighted by Gasteiger charge is 2.10. The number of amides is 1. The molecule has 2 aromatic rings. The Bertz CT molecular complexity index is 626. The fourth-order valence-electron chi connectivity index (χ4n) is 1.79. The molecule has 116 valence electrons. The van der Waals surface area contributed by atoms with E-state index < -0.39 is 0 Å². The molecule has 1 atom stereocenters. The maximum atomic E-state index is 11.8. The van der Waals surface area contributed by atoms with Gasteiger partial charge in [0.2, 0.25) is 5.91 Å². The van der Waals surface area contributed by atoms with Crippen LogP contribution in [0.1, 0.15) is 6.92 Å². The Morgan fingerprint density at radius 2 is 1.73 bits per heavy atom. The van der Waals surface area contributed by atoms with Gasteiger partial charge in [-0.15, -0.1) is 0 Å². The summed E-state index contributed by atoms with van der Waals surface area (Å²) < 4.78 is 10.9. The number of ether oxygens (including phenoxy) is 2. The van der Waals surface area contributed by atoms with Gasteiger partial charge in [0.25, 0.3) is 0 Å². The zero-order chi connectivity index (χ0) is 15.9. The summed E-state index contributed by atoms with van der Waals surface area (Å²) in [4.78, 5) is 11.8. The van der Waals surface area contributed by atoms with Crippen molar-refractivity contribution < 1.29 is 14.3 Å². The first kappa shape index (κ1) is 15.9. The van der Waals surface area contributed by atoms with Crippen LogP contribution in [-0.2, 0) is 4.79 Å². The highest BCUT2D eigenvalue weighted by Crippen LogP contribution is 2.26. The van der Waals surface area contributed by atoms with Crippen molar-refractivity contribution in [3.8, 4) is 17.2 Å². The predicted octanol–water partition coefficient (Wildman–Crippen LogP) is 3.03. The molecular weight excluding hydrogens is 280 g/mol. The van der Waals surface area contributed by atoms with E-state index in [4.69, 9.17) is 9.47 Å². The van der Waals surface area contributed by atoms with Crippen LogP contribution in [0.4, 0.5) is 5.69 Å². The molecule has 1 amide bonds. The average molecular weight is 300 g/mol. The number of methoxy groups -OCH3 is 1. The number of carbonyl (C=O) groups excluding carboxylic acids is 1. The van der Waals surface area contributed by atoms with Crippen molar-refractivity contribution >= 4 is 11.6 Å². The summed E-state index contributed by atoms with van der Waals surface area (Å²) in [7, 11) is 3.36. The molecule has 0 heterocycles. The zero-order valence-corrected chi connectivity index (χ0v) is 12.9. The molecule has 0 radical (unpaired) electrons. The van der Waals surface area contributed by atoms with E-state index in [1.165, 1.54) is 0 Å². The van der Waals surface area contributed by atoms with Crippen molar-refractivity contribution in [2.24, 2.45) is 0 Å². The van der Waals surface area contributed by atoms with Crippen molar-refractivity contribution in [2.75, 3.05) is 19.5 Å². The lowest BCUT2D eigenvalue weighted by molar-refractivity contribution is -0.117. The van der Waals surface area contributed by atoms with Crippen molar-refractivity contribution in [3.05, 3.63) is 48.5 Å². The predicted molar refractivity (Wildman–Crippen MR) is 86.7 cm³/mol. The van der Waals surface area contributed by atoms with Gasteiger partial charge in [0.15, 0.2) is 0 Å². The van der Waals surface area contributed by atoms with E-state index in [1.807, 2.05) is 24.3 Å². The molecule has 0 unspecified atom stereocenters. The van der Waals surface area contributed by atoms with Gasteiger partial charge in [-0.25, -0.2) is 0 Å². The minimum absolute atomic E-state index is 0.0797. The van der Waals surface area contributed by atoms with Crippen LogP contribution in [-0.4, -0.2) is 26.1 Å². The molecular formula is C17H20N2O3. The van der Waals surface area contributed by atoms with E-state index in [0.29, 0.717) is 11.5 Å². The molecule has 22 heavy (non-hydrogen) atoms. The Morgan fingerprint density at radius 3 is 2.36 bits per heavy atom. The molecule has 0 aliphatic rings. The topological polar surface area (TPSA) is 59.6 Å². The summed E-state index contributed by atoms with van der Waals surface area (Å²) in [6.07, 6.45) is 0. The van der Waals surface area contributed by atoms with Crippen LogP contribution < -0.4 is 20.1 Å². The van der Waals surface area contributed by atoms with Crippen LogP contribution in [0.25, 0.3) is 0 Å². The second-order valence-corrected chi connectivity index (χ2v) is 4.81. The highest BCUT2D eigenvalue weighted by molar-refractivity contribution is 5.94. The number of hydrogen-bond acceptors (Lipinski definition) is 4. The molecule has 2 N–H and O–H groups in total. The Hall–Kier alpha value is -2.53. The number of anilines is 1. The van der Waals surface area contributed by atoms with E-state index >= 15 is 0 Å². The SMILES string of the molecule is CN[C@@H](C)C(=O)Nc1ccc(Oc2cccc(OC)c2)cc1. The molecule has 0 spiro atoms. The Morgan fingerprint density at radius 1 is 1.05 bits per heavy atom. The molecule has 0 bridgehead atoms. The number of likely N-dealkylation sites (N-methyl/N-ethyl adjacent to an activating group) is 1. The third-order valence-electron chi connectivity index (χ3n) is 3.23. The first-order valence-electron chi connectivity index (χ1n) is 7.02. The summed E-state index contributed by atoms with van der Waals surface area (Å²) in [6, 6.07) is 14.4. The summed E-state index contributed by atoms with van der Waals surface area (Å²) in [5, 5.41) is 5.72. The second kappa shape index (κ2) is 7.47. The monoisotopic (exact) mass is 300 g/mol. The number of benzene rings is 2. The van der Waals surface area contributed by atoms with E-state index in [2.05, 4.69) is 10.6 Å². The maximum Gasteiger partial charge on any atom is 0.241 e. The minimum Gasteiger partial charge on any atom is -0.497 e. The maximum absolute atomic E-state index is 11.8. The summed E-state index contributed by atoms with van der Waals surface area (Å²) in [5.41, 5.74) is 0.727. The largest absolute Gasteiger partial charge is 0.497 e. The van der Waals surface area contributed by atoms with Crippen molar-refractivity contribution in [2.45, 2.75) is 13.0 Å². The van der Waals surface area contributed by atoms with Gasteiger partial charge in [-0.2, -0.15) is 0 Å². The number of nitrogens with one attached hydrogen (secondary N) is 2. The Labute approximate surface area is 130 Å². The standard InChI is InChI=1S/C17H20N2O3/c1-12(18-2)17(20)19-13-7-9-14(10-8-13)22-16-6-4-5-15(11-16)21-3/h4-12,18H,1-3H3,(H,19,20)/t12-/m0/s1. The molecule has 0 fully saturated rings. The minimum atomic E-state index is -0.243. The summed E-state index contributed by atoms with van der Waals surface area (Å²) in [6.45, 7) is 1.80. The van der Waals surface area contributed by atoms with E-state index in [9.17, 15) is 4.79 Å². The Kier molecular flexibility index (Phi) is 5.38. The van der Waals surface area contributed by atoms with Crippen LogP contribution in [0, 0.1) is 0 Å². The smallest absolute Gasteiger partial charge is 0.241 e. The quantitative estimate of drug-likeness (QED) is 0.861. The molecule has 0 aromatic heterocycles. The Balaban J connectivity index is 2.01. The number of hydrogen-bond donors (Lipinski definition) is 2. The van der Waals surface area contributed by atoms with Crippen molar-refractivity contribution in [1.29, 1.82) is 0 Å². The zero-order valence-electron chi connectivity index (χ0n) is 12.9. The van der Waals surface area contributed by atoms with Crippen LogP contribution >= 0.6 is 0 Å². The van der Waals surface area contributed by atoms with Crippen LogP contribution in [0.15, 0.2) is 48.5 Å². The summed E-state index contributed by atoms with van der Waals surface area (Å²) in [5.74, 6) is 2.04. The molecule has 2 aromatic carbocycles. The third kappa shape index (κ3) is 4.23. The highest BCUT2D eigenvalue weighted by atomic mass is 16.5. The lowest BCUT2D eigenvalue weighted by atomic mass is 10.2. The summed E-state index contributed by atoms with van der Waals surface area (Å²) >= 11 is 0. The van der Waals surface area contributed by atoms with Gasteiger partial charge in [0.05, 0.1) is 13.2 Å². The van der Waals surface area contributed by atoms with Gasteiger partial charge >= 0.3 is 0 Å². The molecule has 0 saturated heterocycles. The van der Waals surface area contributed by atoms with E-state index in [1.54, 1.807) is 45.3 Å². The number of carbonyl (C=O) groups is 1. The van der Waals surface area contributed by atoms with Crippen molar-refractivity contribution in [1.82, 2.24) is 5.32 Å². The first-order chi connectivity index (χ1) is 10.6. The second-order valence-electron chi connectivity index (χ2n) is 4.81. The normalized spacial score (nSPS) is 11.6. The average Bonchev–Trinajstić information content (AvgIpc) is 2.56. The van der Waals surface area contributed by atoms with Gasteiger partial charge in [-0.05, 0) is 50.4 Å². The van der Waals surface area contributed by atoms with Crippen LogP contribution in [0.3, 0.4) is 0 Å². The van der Waals surface area contributed by atoms with Gasteiger partial charge in [-0.1, -0.05) is 6.07 Å². The molecule has 2 rings (SSSR count). The molecule has 5 heteroatoms. The molecule has 0 aliphatic carbocycles. The van der Waals surface area contributed by atoms with Gasteiger partial charge < -0.3 is 20.1 Å². The van der Waals surface area contributed by atoms with Crippen LogP contribution in [0.2, 0.25) is 0 Å². The lowest BCUT2D eigenvalue weighted by Gasteiger charge is -2.12. The molecule has 0 saturated carbocycles. The third-order valence-corrected chi connectivity index (χ3v) is 3.23. The first-order valence-corrected chi connectivity index (χ1v) is 7.02. The number of rotatable bonds is 6. The fourth-order valence-corrected chi connectivity index (χ4v) is 1.79.